The third-order valence-electron chi connectivity index (χ3n) is 4.18. The number of hydrogen-bond acceptors (Lipinski definition) is 5. The Hall–Kier alpha value is -0.490. The van der Waals surface area contributed by atoms with Gasteiger partial charge in [0.05, 0.1) is 11.6 Å². The van der Waals surface area contributed by atoms with Crippen molar-refractivity contribution in [3.63, 3.8) is 0 Å². The van der Waals surface area contributed by atoms with Crippen LogP contribution in [0, 0.1) is 0 Å². The Bertz CT molecular complexity index is 429. The number of aliphatic hydroxyl groups is 1. The fourth-order valence-corrected chi connectivity index (χ4v) is 3.75. The predicted octanol–water partition coefficient (Wildman–Crippen LogP) is 2.33. The first-order chi connectivity index (χ1) is 9.94. The van der Waals surface area contributed by atoms with Crippen molar-refractivity contribution in [2.45, 2.75) is 52.1 Å². The van der Waals surface area contributed by atoms with Gasteiger partial charge in [-0.1, -0.05) is 27.7 Å². The van der Waals surface area contributed by atoms with Gasteiger partial charge in [0.1, 0.15) is 0 Å². The SMILES string of the molecule is CC[C@@H](CO)N1CCN(Cc2cnc(C(C)(C)C)s2)CC1. The Labute approximate surface area is 132 Å². The lowest BCUT2D eigenvalue weighted by Gasteiger charge is -2.38. The molecular weight excluding hydrogens is 282 g/mol. The van der Waals surface area contributed by atoms with Crippen LogP contribution in [-0.4, -0.2) is 58.7 Å². The molecule has 4 nitrogen and oxygen atoms in total. The van der Waals surface area contributed by atoms with Gasteiger partial charge in [0, 0.05) is 55.3 Å². The van der Waals surface area contributed by atoms with Gasteiger partial charge in [0.2, 0.25) is 0 Å². The van der Waals surface area contributed by atoms with Crippen molar-refractivity contribution in [1.82, 2.24) is 14.8 Å². The van der Waals surface area contributed by atoms with Crippen LogP contribution in [0.4, 0.5) is 0 Å². The summed E-state index contributed by atoms with van der Waals surface area (Å²) in [4.78, 5) is 10.9. The summed E-state index contributed by atoms with van der Waals surface area (Å²) in [6, 6.07) is 0.336. The van der Waals surface area contributed by atoms with E-state index in [9.17, 15) is 5.11 Å². The number of aromatic nitrogens is 1. The van der Waals surface area contributed by atoms with E-state index in [1.165, 1.54) is 9.88 Å². The summed E-state index contributed by atoms with van der Waals surface area (Å²) in [5.41, 5.74) is 0.150. The molecule has 21 heavy (non-hydrogen) atoms. The van der Waals surface area contributed by atoms with Gasteiger partial charge in [-0.3, -0.25) is 9.80 Å². The predicted molar refractivity (Wildman–Crippen MR) is 88.8 cm³/mol. The van der Waals surface area contributed by atoms with Crippen molar-refractivity contribution < 1.29 is 5.11 Å². The first-order valence-corrected chi connectivity index (χ1v) is 8.78. The van der Waals surface area contributed by atoms with E-state index in [-0.39, 0.29) is 12.0 Å². The molecule has 0 aliphatic carbocycles. The van der Waals surface area contributed by atoms with Crippen LogP contribution in [0.1, 0.15) is 44.0 Å². The number of piperazine rings is 1. The number of rotatable bonds is 5. The molecule has 2 rings (SSSR count). The molecule has 120 valence electrons. The Balaban J connectivity index is 1.85. The Morgan fingerprint density at radius 2 is 1.95 bits per heavy atom. The molecule has 1 atom stereocenters. The van der Waals surface area contributed by atoms with E-state index in [0.29, 0.717) is 6.04 Å². The third-order valence-corrected chi connectivity index (χ3v) is 5.59. The van der Waals surface area contributed by atoms with Crippen LogP contribution in [0.15, 0.2) is 6.20 Å². The summed E-state index contributed by atoms with van der Waals surface area (Å²) in [6.45, 7) is 14.4. The van der Waals surface area contributed by atoms with E-state index in [4.69, 9.17) is 0 Å². The molecule has 5 heteroatoms. The molecule has 0 bridgehead atoms. The second-order valence-corrected chi connectivity index (χ2v) is 8.05. The molecule has 0 unspecified atom stereocenters. The number of nitrogens with zero attached hydrogens (tertiary/aromatic N) is 3. The molecule has 1 N–H and O–H groups in total. The summed E-state index contributed by atoms with van der Waals surface area (Å²) in [6.07, 6.45) is 3.07. The van der Waals surface area contributed by atoms with Crippen LogP contribution < -0.4 is 0 Å². The van der Waals surface area contributed by atoms with Gasteiger partial charge in [-0.05, 0) is 6.42 Å². The van der Waals surface area contributed by atoms with Crippen molar-refractivity contribution in [2.24, 2.45) is 0 Å². The van der Waals surface area contributed by atoms with Crippen LogP contribution in [0.3, 0.4) is 0 Å². The Morgan fingerprint density at radius 1 is 1.29 bits per heavy atom. The molecule has 0 saturated carbocycles. The standard InChI is InChI=1S/C16H29N3OS/c1-5-13(12-20)19-8-6-18(7-9-19)11-14-10-17-15(21-14)16(2,3)4/h10,13,20H,5-9,11-12H2,1-4H3/t13-/m0/s1. The highest BCUT2D eigenvalue weighted by atomic mass is 32.1. The molecule has 1 saturated heterocycles. The number of aliphatic hydroxyl groups excluding tert-OH is 1. The maximum atomic E-state index is 9.40. The van der Waals surface area contributed by atoms with Crippen LogP contribution >= 0.6 is 11.3 Å². The fourth-order valence-electron chi connectivity index (χ4n) is 2.74. The molecule has 0 amide bonds. The molecule has 2 heterocycles. The molecule has 1 aromatic rings. The van der Waals surface area contributed by atoms with Crippen molar-refractivity contribution in [2.75, 3.05) is 32.8 Å². The summed E-state index contributed by atoms with van der Waals surface area (Å²) in [7, 11) is 0. The highest BCUT2D eigenvalue weighted by molar-refractivity contribution is 7.11. The second-order valence-electron chi connectivity index (χ2n) is 6.94. The molecule has 1 aromatic heterocycles. The van der Waals surface area contributed by atoms with E-state index >= 15 is 0 Å². The van der Waals surface area contributed by atoms with Crippen molar-refractivity contribution in [3.8, 4) is 0 Å². The number of hydrogen-bond donors (Lipinski definition) is 1. The molecule has 0 radical (unpaired) electrons. The molecule has 1 fully saturated rings. The van der Waals surface area contributed by atoms with Gasteiger partial charge in [-0.2, -0.15) is 0 Å². The molecule has 1 aliphatic heterocycles. The lowest BCUT2D eigenvalue weighted by molar-refractivity contribution is 0.0612. The average Bonchev–Trinajstić information content (AvgIpc) is 2.90. The Kier molecular flexibility index (Phi) is 5.77. The minimum atomic E-state index is 0.150. The van der Waals surface area contributed by atoms with Gasteiger partial charge in [0.15, 0.2) is 0 Å². The first-order valence-electron chi connectivity index (χ1n) is 7.96. The summed E-state index contributed by atoms with van der Waals surface area (Å²) in [5.74, 6) is 0. The van der Waals surface area contributed by atoms with Gasteiger partial charge >= 0.3 is 0 Å². The maximum Gasteiger partial charge on any atom is 0.0981 e. The minimum absolute atomic E-state index is 0.150. The molecule has 0 aromatic carbocycles. The minimum Gasteiger partial charge on any atom is -0.395 e. The van der Waals surface area contributed by atoms with Crippen molar-refractivity contribution in [3.05, 3.63) is 16.1 Å². The summed E-state index contributed by atoms with van der Waals surface area (Å²) >= 11 is 1.84. The van der Waals surface area contributed by atoms with Gasteiger partial charge in [0.25, 0.3) is 0 Å². The second kappa shape index (κ2) is 7.18. The summed E-state index contributed by atoms with van der Waals surface area (Å²) < 4.78 is 0. The topological polar surface area (TPSA) is 39.6 Å². The van der Waals surface area contributed by atoms with E-state index in [1.807, 2.05) is 17.5 Å². The lowest BCUT2D eigenvalue weighted by atomic mass is 9.98. The van der Waals surface area contributed by atoms with E-state index in [1.54, 1.807) is 0 Å². The first kappa shape index (κ1) is 16.9. The molecule has 1 aliphatic rings. The zero-order valence-corrected chi connectivity index (χ0v) is 14.6. The monoisotopic (exact) mass is 311 g/mol. The van der Waals surface area contributed by atoms with Crippen LogP contribution in [0.2, 0.25) is 0 Å². The number of thiazole rings is 1. The van der Waals surface area contributed by atoms with Gasteiger partial charge < -0.3 is 5.11 Å². The van der Waals surface area contributed by atoms with Gasteiger partial charge in [-0.25, -0.2) is 4.98 Å². The Morgan fingerprint density at radius 3 is 2.43 bits per heavy atom. The highest BCUT2D eigenvalue weighted by Gasteiger charge is 2.23. The maximum absolute atomic E-state index is 9.40. The third kappa shape index (κ3) is 4.49. The highest BCUT2D eigenvalue weighted by Crippen LogP contribution is 2.27. The van der Waals surface area contributed by atoms with Crippen LogP contribution in [-0.2, 0) is 12.0 Å². The molecule has 0 spiro atoms. The van der Waals surface area contributed by atoms with Crippen molar-refractivity contribution >= 4 is 11.3 Å². The lowest BCUT2D eigenvalue weighted by Crippen LogP contribution is -2.50. The normalized spacial score (nSPS) is 19.9. The van der Waals surface area contributed by atoms with Gasteiger partial charge in [-0.15, -0.1) is 11.3 Å². The van der Waals surface area contributed by atoms with Crippen LogP contribution in [0.25, 0.3) is 0 Å². The zero-order chi connectivity index (χ0) is 15.5. The van der Waals surface area contributed by atoms with E-state index in [0.717, 1.165) is 39.1 Å². The zero-order valence-electron chi connectivity index (χ0n) is 13.8. The average molecular weight is 311 g/mol. The largest absolute Gasteiger partial charge is 0.395 e. The quantitative estimate of drug-likeness (QED) is 0.906. The van der Waals surface area contributed by atoms with E-state index in [2.05, 4.69) is 42.5 Å². The van der Waals surface area contributed by atoms with Crippen molar-refractivity contribution in [1.29, 1.82) is 0 Å². The smallest absolute Gasteiger partial charge is 0.0981 e. The van der Waals surface area contributed by atoms with E-state index < -0.39 is 0 Å². The fraction of sp³-hybridized carbons (Fsp3) is 0.812. The van der Waals surface area contributed by atoms with Crippen LogP contribution in [0.5, 0.6) is 0 Å². The molecular formula is C16H29N3OS. The summed E-state index contributed by atoms with van der Waals surface area (Å²) in [5, 5.41) is 10.6.